The van der Waals surface area contributed by atoms with Gasteiger partial charge in [-0.05, 0) is 6.08 Å². The van der Waals surface area contributed by atoms with Crippen LogP contribution >= 0.6 is 0 Å². The molecule has 0 aromatic heterocycles. The number of carbonyl (C=O) groups excluding carboxylic acids is 1. The molecule has 0 bridgehead atoms. The molecule has 0 fully saturated rings. The fourth-order valence-corrected chi connectivity index (χ4v) is 0.381. The van der Waals surface area contributed by atoms with Crippen molar-refractivity contribution in [1.82, 2.24) is 5.48 Å². The van der Waals surface area contributed by atoms with Gasteiger partial charge in [-0.3, -0.25) is 4.79 Å². The van der Waals surface area contributed by atoms with Crippen molar-refractivity contribution in [3.05, 3.63) is 11.8 Å². The van der Waals surface area contributed by atoms with Crippen molar-refractivity contribution in [3.8, 4) is 0 Å². The van der Waals surface area contributed by atoms with E-state index in [0.717, 1.165) is 0 Å². The second-order valence-electron chi connectivity index (χ2n) is 1.17. The van der Waals surface area contributed by atoms with Gasteiger partial charge in [0.05, 0.1) is 6.54 Å². The molecule has 1 aliphatic heterocycles. The zero-order valence-electron chi connectivity index (χ0n) is 3.68. The fourth-order valence-electron chi connectivity index (χ4n) is 0.381. The van der Waals surface area contributed by atoms with Crippen LogP contribution in [-0.2, 0) is 9.63 Å². The van der Waals surface area contributed by atoms with Crippen molar-refractivity contribution in [2.45, 2.75) is 0 Å². The largest absolute Gasteiger partial charge is 0.405 e. The predicted octanol–water partition coefficient (Wildman–Crippen LogP) is -0.396. The highest BCUT2D eigenvalue weighted by Gasteiger charge is 1.99. The Balaban J connectivity index is 2.51. The van der Waals surface area contributed by atoms with E-state index in [1.807, 2.05) is 0 Å². The monoisotopic (exact) mass is 99.0 g/mol. The van der Waals surface area contributed by atoms with Crippen LogP contribution in [-0.4, -0.2) is 12.8 Å². The molecule has 0 aliphatic carbocycles. The maximum atomic E-state index is 9.77. The summed E-state index contributed by atoms with van der Waals surface area (Å²) in [5.41, 5.74) is 2.50. The van der Waals surface area contributed by atoms with Gasteiger partial charge < -0.3 is 4.84 Å². The average molecular weight is 99.1 g/mol. The SMILES string of the molecule is O=CC1=CCNO1. The van der Waals surface area contributed by atoms with Gasteiger partial charge in [0, 0.05) is 0 Å². The number of rotatable bonds is 1. The van der Waals surface area contributed by atoms with Crippen LogP contribution in [0.1, 0.15) is 0 Å². The van der Waals surface area contributed by atoms with E-state index in [1.54, 1.807) is 6.08 Å². The molecule has 1 aliphatic rings. The number of hydrogen-bond acceptors (Lipinski definition) is 3. The topological polar surface area (TPSA) is 38.3 Å². The van der Waals surface area contributed by atoms with Crippen LogP contribution in [0.5, 0.6) is 0 Å². The molecule has 0 aromatic carbocycles. The van der Waals surface area contributed by atoms with Crippen molar-refractivity contribution in [1.29, 1.82) is 0 Å². The minimum atomic E-state index is 0.375. The van der Waals surface area contributed by atoms with Crippen molar-refractivity contribution in [2.24, 2.45) is 0 Å². The summed E-state index contributed by atoms with van der Waals surface area (Å²) in [6, 6.07) is 0. The van der Waals surface area contributed by atoms with Crippen molar-refractivity contribution in [3.63, 3.8) is 0 Å². The van der Waals surface area contributed by atoms with Crippen LogP contribution < -0.4 is 5.48 Å². The van der Waals surface area contributed by atoms with Crippen molar-refractivity contribution < 1.29 is 9.63 Å². The Bertz CT molecular complexity index is 108. The molecule has 0 aromatic rings. The summed E-state index contributed by atoms with van der Waals surface area (Å²) < 4.78 is 0. The van der Waals surface area contributed by atoms with Gasteiger partial charge in [0.1, 0.15) is 0 Å². The second-order valence-corrected chi connectivity index (χ2v) is 1.17. The number of allylic oxidation sites excluding steroid dienone is 1. The maximum absolute atomic E-state index is 9.77. The summed E-state index contributed by atoms with van der Waals surface area (Å²) >= 11 is 0. The molecule has 38 valence electrons. The Morgan fingerprint density at radius 2 is 2.86 bits per heavy atom. The first-order valence-electron chi connectivity index (χ1n) is 1.98. The summed E-state index contributed by atoms with van der Waals surface area (Å²) in [6.45, 7) is 0.633. The van der Waals surface area contributed by atoms with E-state index < -0.39 is 0 Å². The van der Waals surface area contributed by atoms with E-state index in [-0.39, 0.29) is 0 Å². The summed E-state index contributed by atoms with van der Waals surface area (Å²) in [5.74, 6) is 0.375. The Hall–Kier alpha value is -0.830. The van der Waals surface area contributed by atoms with Crippen LogP contribution in [0.4, 0.5) is 0 Å². The molecule has 3 nitrogen and oxygen atoms in total. The number of aldehydes is 1. The van der Waals surface area contributed by atoms with Crippen LogP contribution in [0.2, 0.25) is 0 Å². The van der Waals surface area contributed by atoms with Crippen LogP contribution in [0.3, 0.4) is 0 Å². The number of hydroxylamine groups is 1. The molecule has 1 N–H and O–H groups in total. The van der Waals surface area contributed by atoms with Gasteiger partial charge in [-0.2, -0.15) is 5.48 Å². The smallest absolute Gasteiger partial charge is 0.187 e. The molecule has 0 saturated heterocycles. The Morgan fingerprint density at radius 1 is 2.00 bits per heavy atom. The third kappa shape index (κ3) is 0.778. The lowest BCUT2D eigenvalue weighted by molar-refractivity contribution is -0.108. The lowest BCUT2D eigenvalue weighted by atomic mass is 10.5. The number of hydrogen-bond donors (Lipinski definition) is 1. The molecule has 0 amide bonds. The van der Waals surface area contributed by atoms with Gasteiger partial charge in [-0.25, -0.2) is 0 Å². The first-order valence-corrected chi connectivity index (χ1v) is 1.98. The third-order valence-electron chi connectivity index (χ3n) is 0.693. The van der Waals surface area contributed by atoms with Gasteiger partial charge in [-0.1, -0.05) is 0 Å². The minimum absolute atomic E-state index is 0.375. The zero-order valence-corrected chi connectivity index (χ0v) is 3.68. The van der Waals surface area contributed by atoms with Crippen LogP contribution in [0, 0.1) is 0 Å². The molecule has 7 heavy (non-hydrogen) atoms. The molecule has 1 heterocycles. The summed E-state index contributed by atoms with van der Waals surface area (Å²) in [5, 5.41) is 0. The molecule has 0 saturated carbocycles. The van der Waals surface area contributed by atoms with Crippen LogP contribution in [0.15, 0.2) is 11.8 Å². The van der Waals surface area contributed by atoms with Gasteiger partial charge in [0.15, 0.2) is 12.0 Å². The van der Waals surface area contributed by atoms with E-state index in [1.165, 1.54) is 0 Å². The molecule has 0 spiro atoms. The first-order chi connectivity index (χ1) is 3.43. The first kappa shape index (κ1) is 4.33. The lowest BCUT2D eigenvalue weighted by Gasteiger charge is -1.89. The summed E-state index contributed by atoms with van der Waals surface area (Å²) in [4.78, 5) is 14.3. The minimum Gasteiger partial charge on any atom is -0.405 e. The van der Waals surface area contributed by atoms with Crippen LogP contribution in [0.25, 0.3) is 0 Å². The highest BCUT2D eigenvalue weighted by atomic mass is 16.7. The highest BCUT2D eigenvalue weighted by Crippen LogP contribution is 1.93. The summed E-state index contributed by atoms with van der Waals surface area (Å²) in [7, 11) is 0. The fraction of sp³-hybridized carbons (Fsp3) is 0.250. The normalized spacial score (nSPS) is 18.0. The van der Waals surface area contributed by atoms with Crippen molar-refractivity contribution >= 4 is 6.29 Å². The average Bonchev–Trinajstić information content (AvgIpc) is 2.14. The predicted molar refractivity (Wildman–Crippen MR) is 23.2 cm³/mol. The van der Waals surface area contributed by atoms with Gasteiger partial charge in [0.25, 0.3) is 0 Å². The Labute approximate surface area is 40.9 Å². The van der Waals surface area contributed by atoms with E-state index >= 15 is 0 Å². The van der Waals surface area contributed by atoms with E-state index in [0.29, 0.717) is 18.6 Å². The molecule has 3 heteroatoms. The Kier molecular flexibility index (Phi) is 1.08. The molecule has 1 rings (SSSR count). The van der Waals surface area contributed by atoms with E-state index in [2.05, 4.69) is 10.3 Å². The maximum Gasteiger partial charge on any atom is 0.187 e. The second kappa shape index (κ2) is 1.75. The molecular weight excluding hydrogens is 94.0 g/mol. The standard InChI is InChI=1S/C4H5NO2/c6-3-4-1-2-5-7-4/h1,3,5H,2H2. The highest BCUT2D eigenvalue weighted by molar-refractivity contribution is 5.70. The Morgan fingerprint density at radius 3 is 3.14 bits per heavy atom. The molecule has 0 radical (unpaired) electrons. The van der Waals surface area contributed by atoms with Crippen molar-refractivity contribution in [2.75, 3.05) is 6.54 Å². The number of carbonyl (C=O) groups is 1. The molecule has 0 atom stereocenters. The third-order valence-corrected chi connectivity index (χ3v) is 0.693. The van der Waals surface area contributed by atoms with E-state index in [4.69, 9.17) is 0 Å². The molecular formula is C4H5NO2. The van der Waals surface area contributed by atoms with E-state index in [9.17, 15) is 4.79 Å². The lowest BCUT2D eigenvalue weighted by Crippen LogP contribution is -2.04. The van der Waals surface area contributed by atoms with Gasteiger partial charge in [0.2, 0.25) is 0 Å². The van der Waals surface area contributed by atoms with Gasteiger partial charge in [-0.15, -0.1) is 0 Å². The quantitative estimate of drug-likeness (QED) is 0.455. The van der Waals surface area contributed by atoms with Gasteiger partial charge >= 0.3 is 0 Å². The summed E-state index contributed by atoms with van der Waals surface area (Å²) in [6.07, 6.45) is 2.34. The molecule has 0 unspecified atom stereocenters. The number of nitrogens with one attached hydrogen (secondary N) is 1. The zero-order chi connectivity index (χ0) is 5.11.